The lowest BCUT2D eigenvalue weighted by molar-refractivity contribution is 1.02. The summed E-state index contributed by atoms with van der Waals surface area (Å²) in [6, 6.07) is 52.5. The van der Waals surface area contributed by atoms with Gasteiger partial charge in [0.05, 0.1) is 22.4 Å². The molecule has 0 amide bonds. The zero-order valence-corrected chi connectivity index (χ0v) is 35.1. The van der Waals surface area contributed by atoms with Gasteiger partial charge < -0.3 is 18.9 Å². The Morgan fingerprint density at radius 2 is 0.695 bits per heavy atom. The highest BCUT2D eigenvalue weighted by Crippen LogP contribution is 2.46. The molecule has 2 aliphatic rings. The Morgan fingerprint density at radius 1 is 0.373 bits per heavy atom. The van der Waals surface area contributed by atoms with Crippen molar-refractivity contribution < 1.29 is 0 Å². The second kappa shape index (κ2) is 12.9. The van der Waals surface area contributed by atoms with Crippen LogP contribution < -0.4 is 26.2 Å². The monoisotopic (exact) mass is 762 g/mol. The predicted octanol–water partition coefficient (Wildman–Crippen LogP) is 12.1. The fourth-order valence-electron chi connectivity index (χ4n) is 10.2. The van der Waals surface area contributed by atoms with E-state index < -0.39 is 0 Å². The van der Waals surface area contributed by atoms with Crippen molar-refractivity contribution in [3.63, 3.8) is 0 Å². The van der Waals surface area contributed by atoms with Gasteiger partial charge in [-0.3, -0.25) is 0 Å². The molecule has 0 fully saturated rings. The molecule has 0 saturated heterocycles. The van der Waals surface area contributed by atoms with Crippen molar-refractivity contribution in [3.8, 4) is 11.4 Å². The molecule has 7 aromatic carbocycles. The van der Waals surface area contributed by atoms with Gasteiger partial charge >= 0.3 is 0 Å². The number of rotatable bonds is 6. The Balaban J connectivity index is 1.19. The Morgan fingerprint density at radius 3 is 1.02 bits per heavy atom. The summed E-state index contributed by atoms with van der Waals surface area (Å²) in [6.07, 6.45) is 0. The second-order valence-corrected chi connectivity index (χ2v) is 17.0. The number of fused-ring (bicyclic) bond motifs is 4. The van der Waals surface area contributed by atoms with E-state index in [1.54, 1.807) is 0 Å². The second-order valence-electron chi connectivity index (χ2n) is 17.0. The molecule has 4 heterocycles. The van der Waals surface area contributed by atoms with Gasteiger partial charge in [-0.2, -0.15) is 0 Å². The minimum atomic E-state index is 0.0658. The van der Waals surface area contributed by atoms with E-state index >= 15 is 0 Å². The van der Waals surface area contributed by atoms with Gasteiger partial charge in [0.15, 0.2) is 0 Å². The molecule has 0 spiro atoms. The van der Waals surface area contributed by atoms with E-state index in [1.807, 2.05) is 0 Å². The van der Waals surface area contributed by atoms with Crippen LogP contribution in [0.25, 0.3) is 33.2 Å². The van der Waals surface area contributed by atoms with E-state index in [0.29, 0.717) is 0 Å². The van der Waals surface area contributed by atoms with Crippen LogP contribution in [0.4, 0.5) is 34.1 Å². The first-order valence-electron chi connectivity index (χ1n) is 20.9. The topological polar surface area (TPSA) is 16.3 Å². The Bertz CT molecular complexity index is 2860. The summed E-state index contributed by atoms with van der Waals surface area (Å²) in [5, 5.41) is 2.62. The van der Waals surface area contributed by atoms with Crippen LogP contribution >= 0.6 is 0 Å². The molecule has 59 heavy (non-hydrogen) atoms. The average Bonchev–Trinajstić information content (AvgIpc) is 3.67. The summed E-state index contributed by atoms with van der Waals surface area (Å²) in [5.41, 5.74) is 26.5. The quantitative estimate of drug-likeness (QED) is 0.157. The zero-order valence-electron chi connectivity index (χ0n) is 35.1. The van der Waals surface area contributed by atoms with E-state index in [0.717, 1.165) is 22.7 Å². The van der Waals surface area contributed by atoms with Crippen molar-refractivity contribution in [2.75, 3.05) is 9.80 Å². The maximum atomic E-state index is 2.57. The molecule has 0 N–H and O–H groups in total. The van der Waals surface area contributed by atoms with E-state index in [4.69, 9.17) is 0 Å². The number of hydrogen-bond donors (Lipinski definition) is 0. The third kappa shape index (κ3) is 5.04. The normalized spacial score (nSPS) is 12.4. The maximum absolute atomic E-state index is 2.57. The molecule has 4 nitrogen and oxygen atoms in total. The highest BCUT2D eigenvalue weighted by atomic mass is 15.2. The van der Waals surface area contributed by atoms with Crippen LogP contribution in [-0.2, 0) is 0 Å². The summed E-state index contributed by atoms with van der Waals surface area (Å²) < 4.78 is 5.14. The minimum Gasteiger partial charge on any atom is -0.314 e. The number of aromatic nitrogens is 2. The number of nitrogens with zero attached hydrogens (tertiary/aromatic N) is 4. The first-order valence-corrected chi connectivity index (χ1v) is 20.9. The molecule has 9 aromatic rings. The summed E-state index contributed by atoms with van der Waals surface area (Å²) >= 11 is 0. The summed E-state index contributed by atoms with van der Waals surface area (Å²) in [5.74, 6) is 0. The van der Waals surface area contributed by atoms with Gasteiger partial charge in [-0.05, 0) is 156 Å². The standard InChI is InChI=1S/C54H47BN4/c1-32-12-20-40(21-13-32)58(41-22-14-33(2)15-23-41)46-30-28-44-53-50(46)36(5)38(7)56(53)48-10-9-11-49-52(48)55(44)45-29-31-47(51-37(6)39(8)57(49)54(45)51)59(42-24-16-34(3)17-25-42)43-26-18-35(4)19-27-43/h9-31H,1-8H3. The van der Waals surface area contributed by atoms with E-state index in [2.05, 4.69) is 214 Å². The maximum Gasteiger partial charge on any atom is 0.252 e. The van der Waals surface area contributed by atoms with Gasteiger partial charge in [0.25, 0.3) is 6.71 Å². The van der Waals surface area contributed by atoms with E-state index in [1.165, 1.54) is 106 Å². The van der Waals surface area contributed by atoms with Gasteiger partial charge in [-0.15, -0.1) is 0 Å². The van der Waals surface area contributed by atoms with Crippen LogP contribution in [0.5, 0.6) is 0 Å². The van der Waals surface area contributed by atoms with Crippen LogP contribution in [0.2, 0.25) is 0 Å². The van der Waals surface area contributed by atoms with Gasteiger partial charge in [-0.1, -0.05) is 89.0 Å². The summed E-state index contributed by atoms with van der Waals surface area (Å²) in [4.78, 5) is 4.91. The van der Waals surface area contributed by atoms with E-state index in [-0.39, 0.29) is 6.71 Å². The Hall–Kier alpha value is -6.72. The molecular formula is C54H47BN4. The molecule has 2 aromatic heterocycles. The SMILES string of the molecule is Cc1ccc(N(c2ccc(C)cc2)c2ccc3c4c2c(C)c(C)n4-c2cccc4c2B3c2ccc(N(c3ccc(C)cc3)c3ccc(C)cc3)c3c(C)c(C)n-4c23)cc1. The first kappa shape index (κ1) is 35.4. The van der Waals surface area contributed by atoms with Gasteiger partial charge in [0, 0.05) is 56.3 Å². The smallest absolute Gasteiger partial charge is 0.252 e. The van der Waals surface area contributed by atoms with Crippen LogP contribution in [-0.4, -0.2) is 15.8 Å². The van der Waals surface area contributed by atoms with Crippen molar-refractivity contribution in [1.82, 2.24) is 9.13 Å². The molecule has 0 aliphatic carbocycles. The largest absolute Gasteiger partial charge is 0.314 e. The van der Waals surface area contributed by atoms with Crippen molar-refractivity contribution in [1.29, 1.82) is 0 Å². The fourth-order valence-corrected chi connectivity index (χ4v) is 10.2. The lowest BCUT2D eigenvalue weighted by atomic mass is 9.34. The van der Waals surface area contributed by atoms with Gasteiger partial charge in [-0.25, -0.2) is 0 Å². The van der Waals surface area contributed by atoms with Crippen LogP contribution in [0.3, 0.4) is 0 Å². The number of benzene rings is 7. The molecule has 2 aliphatic heterocycles. The molecule has 5 heteroatoms. The first-order chi connectivity index (χ1) is 28.6. The third-order valence-electron chi connectivity index (χ3n) is 13.4. The number of aryl methyl sites for hydroxylation is 6. The molecule has 11 rings (SSSR count). The molecule has 0 radical (unpaired) electrons. The lowest BCUT2D eigenvalue weighted by Gasteiger charge is -2.35. The lowest BCUT2D eigenvalue weighted by Crippen LogP contribution is -2.59. The van der Waals surface area contributed by atoms with E-state index in [9.17, 15) is 0 Å². The summed E-state index contributed by atoms with van der Waals surface area (Å²) in [6.45, 7) is 18.0. The van der Waals surface area contributed by atoms with Crippen LogP contribution in [0.15, 0.2) is 140 Å². The van der Waals surface area contributed by atoms with Crippen LogP contribution in [0.1, 0.15) is 44.8 Å². The van der Waals surface area contributed by atoms with Crippen molar-refractivity contribution >= 4 is 79.0 Å². The highest BCUT2D eigenvalue weighted by molar-refractivity contribution is 7.00. The Kier molecular flexibility index (Phi) is 7.75. The number of hydrogen-bond acceptors (Lipinski definition) is 2. The molecule has 0 unspecified atom stereocenters. The molecule has 0 atom stereocenters. The zero-order chi connectivity index (χ0) is 40.4. The van der Waals surface area contributed by atoms with Crippen molar-refractivity contribution in [3.05, 3.63) is 184 Å². The average molecular weight is 763 g/mol. The minimum absolute atomic E-state index is 0.0658. The van der Waals surface area contributed by atoms with Gasteiger partial charge in [0.1, 0.15) is 0 Å². The Labute approximate surface area is 347 Å². The molecule has 286 valence electrons. The third-order valence-corrected chi connectivity index (χ3v) is 13.4. The molecular weight excluding hydrogens is 715 g/mol. The number of anilines is 6. The van der Waals surface area contributed by atoms with Gasteiger partial charge in [0.2, 0.25) is 0 Å². The molecule has 0 saturated carbocycles. The summed E-state index contributed by atoms with van der Waals surface area (Å²) in [7, 11) is 0. The fraction of sp³-hybridized carbons (Fsp3) is 0.148. The van der Waals surface area contributed by atoms with Crippen molar-refractivity contribution in [2.45, 2.75) is 55.4 Å². The van der Waals surface area contributed by atoms with Crippen molar-refractivity contribution in [2.24, 2.45) is 0 Å². The van der Waals surface area contributed by atoms with Crippen LogP contribution in [0, 0.1) is 55.4 Å². The predicted molar refractivity (Wildman–Crippen MR) is 252 cm³/mol. The highest BCUT2D eigenvalue weighted by Gasteiger charge is 2.42. The molecule has 0 bridgehead atoms.